The van der Waals surface area contributed by atoms with Crippen LogP contribution in [-0.2, 0) is 0 Å². The van der Waals surface area contributed by atoms with Gasteiger partial charge in [-0.15, -0.1) is 0 Å². The summed E-state index contributed by atoms with van der Waals surface area (Å²) in [4.78, 5) is 0. The molecule has 1 rings (SSSR count). The van der Waals surface area contributed by atoms with Gasteiger partial charge in [0.15, 0.2) is 0 Å². The molecule has 0 aromatic heterocycles. The summed E-state index contributed by atoms with van der Waals surface area (Å²) >= 11 is 0. The van der Waals surface area contributed by atoms with Crippen LogP contribution in [0.4, 0.5) is 0 Å². The number of unbranched alkanes of at least 4 members (excludes halogenated alkanes) is 1. The molecule has 0 bridgehead atoms. The second kappa shape index (κ2) is 28.7. The Morgan fingerprint density at radius 1 is 0.800 bits per heavy atom. The number of aliphatic hydroxyl groups is 2. The lowest BCUT2D eigenvalue weighted by Crippen LogP contribution is -2.17. The summed E-state index contributed by atoms with van der Waals surface area (Å²) in [5.41, 5.74) is 1.52. The van der Waals surface area contributed by atoms with E-state index in [4.69, 9.17) is 10.2 Å². The van der Waals surface area contributed by atoms with E-state index in [2.05, 4.69) is 61.5 Å². The minimum Gasteiger partial charge on any atom is -0.396 e. The Morgan fingerprint density at radius 3 is 1.40 bits per heavy atom. The molecule has 0 amide bonds. The average Bonchev–Trinajstić information content (AvgIpc) is 2.74. The van der Waals surface area contributed by atoms with E-state index in [9.17, 15) is 0 Å². The summed E-state index contributed by atoms with van der Waals surface area (Å²) in [7, 11) is 0. The van der Waals surface area contributed by atoms with Crippen molar-refractivity contribution in [3.05, 3.63) is 11.6 Å². The SMILES string of the molecule is CC.CC(C)CCC(C)C.CC(C)CO.CC1=CCC(C(C)CO)CC1.CCCC. The summed E-state index contributed by atoms with van der Waals surface area (Å²) in [6.07, 6.45) is 11.4. The van der Waals surface area contributed by atoms with Crippen molar-refractivity contribution in [2.45, 2.75) is 128 Å². The summed E-state index contributed by atoms with van der Waals surface area (Å²) < 4.78 is 0. The van der Waals surface area contributed by atoms with Crippen LogP contribution in [0.15, 0.2) is 11.6 Å². The first-order chi connectivity index (χ1) is 14.0. The first-order valence-electron chi connectivity index (χ1n) is 12.9. The average molecular weight is 431 g/mol. The zero-order valence-corrected chi connectivity index (χ0v) is 23.2. The van der Waals surface area contributed by atoms with E-state index < -0.39 is 0 Å². The lowest BCUT2D eigenvalue weighted by molar-refractivity contribution is 0.180. The molecule has 0 saturated heterocycles. The van der Waals surface area contributed by atoms with Crippen LogP contribution in [0.25, 0.3) is 0 Å². The molecule has 2 unspecified atom stereocenters. The highest BCUT2D eigenvalue weighted by molar-refractivity contribution is 5.03. The predicted molar refractivity (Wildman–Crippen MR) is 140 cm³/mol. The van der Waals surface area contributed by atoms with Crippen molar-refractivity contribution in [2.75, 3.05) is 13.2 Å². The molecule has 2 nitrogen and oxygen atoms in total. The van der Waals surface area contributed by atoms with Gasteiger partial charge in [-0.25, -0.2) is 0 Å². The number of rotatable bonds is 7. The molecule has 0 fully saturated rings. The van der Waals surface area contributed by atoms with Crippen molar-refractivity contribution < 1.29 is 10.2 Å². The van der Waals surface area contributed by atoms with Gasteiger partial charge in [0.25, 0.3) is 0 Å². The van der Waals surface area contributed by atoms with E-state index in [-0.39, 0.29) is 0 Å². The zero-order chi connectivity index (χ0) is 24.5. The highest BCUT2D eigenvalue weighted by Gasteiger charge is 2.17. The Hall–Kier alpha value is -0.340. The molecule has 0 heterocycles. The van der Waals surface area contributed by atoms with Crippen molar-refractivity contribution in [1.82, 2.24) is 0 Å². The largest absolute Gasteiger partial charge is 0.396 e. The van der Waals surface area contributed by atoms with Gasteiger partial charge in [0.05, 0.1) is 0 Å². The number of hydrogen-bond acceptors (Lipinski definition) is 2. The van der Waals surface area contributed by atoms with Gasteiger partial charge in [-0.2, -0.15) is 0 Å². The molecule has 2 N–H and O–H groups in total. The van der Waals surface area contributed by atoms with Gasteiger partial charge in [0.2, 0.25) is 0 Å². The van der Waals surface area contributed by atoms with Crippen molar-refractivity contribution in [1.29, 1.82) is 0 Å². The molecular weight excluding hydrogens is 368 g/mol. The maximum atomic E-state index is 8.93. The normalized spacial score (nSPS) is 16.0. The van der Waals surface area contributed by atoms with Crippen LogP contribution in [0.2, 0.25) is 0 Å². The molecule has 0 radical (unpaired) electrons. The molecule has 1 aliphatic rings. The van der Waals surface area contributed by atoms with Gasteiger partial charge in [0.1, 0.15) is 0 Å². The monoisotopic (exact) mass is 430 g/mol. The molecule has 1 aliphatic carbocycles. The topological polar surface area (TPSA) is 40.5 Å². The number of hydrogen-bond donors (Lipinski definition) is 2. The molecule has 0 aliphatic heterocycles. The molecule has 30 heavy (non-hydrogen) atoms. The predicted octanol–water partition coefficient (Wildman–Crippen LogP) is 8.91. The second-order valence-corrected chi connectivity index (χ2v) is 9.69. The van der Waals surface area contributed by atoms with Crippen LogP contribution in [0, 0.1) is 29.6 Å². The first-order valence-corrected chi connectivity index (χ1v) is 12.9. The number of aliphatic hydroxyl groups excluding tert-OH is 2. The van der Waals surface area contributed by atoms with E-state index >= 15 is 0 Å². The third kappa shape index (κ3) is 35.1. The van der Waals surface area contributed by atoms with Gasteiger partial charge < -0.3 is 10.2 Å². The third-order valence-corrected chi connectivity index (χ3v) is 4.96. The van der Waals surface area contributed by atoms with Gasteiger partial charge in [0, 0.05) is 13.2 Å². The van der Waals surface area contributed by atoms with Gasteiger partial charge >= 0.3 is 0 Å². The van der Waals surface area contributed by atoms with Crippen LogP contribution < -0.4 is 0 Å². The molecule has 0 aromatic rings. The van der Waals surface area contributed by atoms with Gasteiger partial charge in [-0.1, -0.05) is 113 Å². The van der Waals surface area contributed by atoms with Crippen molar-refractivity contribution >= 4 is 0 Å². The quantitative estimate of drug-likeness (QED) is 0.396. The summed E-state index contributed by atoms with van der Waals surface area (Å²) in [6.45, 7) is 26.4. The maximum absolute atomic E-state index is 8.93. The van der Waals surface area contributed by atoms with E-state index in [1.54, 1.807) is 0 Å². The Balaban J connectivity index is -0.000000157. The van der Waals surface area contributed by atoms with Crippen LogP contribution in [0.5, 0.6) is 0 Å². The summed E-state index contributed by atoms with van der Waals surface area (Å²) in [5.74, 6) is 3.42. The smallest absolute Gasteiger partial charge is 0.0459 e. The lowest BCUT2D eigenvalue weighted by atomic mass is 9.82. The minimum absolute atomic E-state index is 0.306. The van der Waals surface area contributed by atoms with Crippen LogP contribution in [-0.4, -0.2) is 23.4 Å². The lowest BCUT2D eigenvalue weighted by Gasteiger charge is -2.24. The fourth-order valence-electron chi connectivity index (χ4n) is 2.32. The Kier molecular flexibility index (Phi) is 35.3. The van der Waals surface area contributed by atoms with Crippen molar-refractivity contribution in [3.63, 3.8) is 0 Å². The summed E-state index contributed by atoms with van der Waals surface area (Å²) in [6, 6.07) is 0. The van der Waals surface area contributed by atoms with E-state index in [0.717, 1.165) is 17.8 Å². The van der Waals surface area contributed by atoms with Crippen molar-refractivity contribution in [3.8, 4) is 0 Å². The number of allylic oxidation sites excluding steroid dienone is 2. The molecule has 0 aromatic carbocycles. The fourth-order valence-corrected chi connectivity index (χ4v) is 2.32. The van der Waals surface area contributed by atoms with Crippen LogP contribution in [0.3, 0.4) is 0 Å². The molecular formula is C28H62O2. The maximum Gasteiger partial charge on any atom is 0.0459 e. The molecule has 0 saturated carbocycles. The molecule has 186 valence electrons. The molecule has 2 heteroatoms. The Bertz CT molecular complexity index is 309. The van der Waals surface area contributed by atoms with Gasteiger partial charge in [-0.3, -0.25) is 0 Å². The highest BCUT2D eigenvalue weighted by Crippen LogP contribution is 2.28. The van der Waals surface area contributed by atoms with E-state index in [1.807, 2.05) is 27.7 Å². The standard InChI is InChI=1S/C10H18O.C8H18.C4H10O.C4H10.C2H6/c1-8-3-5-10(6-4-8)9(2)7-11;1-7(2)5-6-8(3)4;1-4(2)3-5;1-3-4-2;1-2/h3,9-11H,4-7H2,1-2H3;7-8H,5-6H2,1-4H3;4-5H,3H2,1-2H3;3-4H2,1-2H3;1-2H3. The zero-order valence-electron chi connectivity index (χ0n) is 23.2. The summed E-state index contributed by atoms with van der Waals surface area (Å²) in [5, 5.41) is 17.1. The Morgan fingerprint density at radius 2 is 1.20 bits per heavy atom. The van der Waals surface area contributed by atoms with Crippen molar-refractivity contribution in [2.24, 2.45) is 29.6 Å². The first kappa shape index (κ1) is 37.0. The van der Waals surface area contributed by atoms with Crippen LogP contribution in [0.1, 0.15) is 128 Å². The second-order valence-electron chi connectivity index (χ2n) is 9.69. The third-order valence-electron chi connectivity index (χ3n) is 4.96. The minimum atomic E-state index is 0.306. The highest BCUT2D eigenvalue weighted by atomic mass is 16.3. The van der Waals surface area contributed by atoms with Crippen LogP contribution >= 0.6 is 0 Å². The molecule has 2 atom stereocenters. The van der Waals surface area contributed by atoms with E-state index in [1.165, 1.54) is 50.5 Å². The van der Waals surface area contributed by atoms with Gasteiger partial charge in [-0.05, 0) is 55.8 Å². The van der Waals surface area contributed by atoms with E-state index in [0.29, 0.717) is 25.0 Å². The molecule has 0 spiro atoms. The fraction of sp³-hybridized carbons (Fsp3) is 0.929. The Labute approximate surface area is 193 Å².